The Morgan fingerprint density at radius 2 is 2.12 bits per heavy atom. The number of nitrogens with zero attached hydrogens (tertiary/aromatic N) is 1. The van der Waals surface area contributed by atoms with E-state index < -0.39 is 0 Å². The number of nitrogens with one attached hydrogen (secondary N) is 3. The number of benzene rings is 1. The van der Waals surface area contributed by atoms with Gasteiger partial charge in [0.25, 0.3) is 5.56 Å². The first kappa shape index (κ1) is 17.7. The monoisotopic (exact) mass is 328 g/mol. The summed E-state index contributed by atoms with van der Waals surface area (Å²) < 4.78 is 5.66. The van der Waals surface area contributed by atoms with E-state index in [4.69, 9.17) is 10.1 Å². The minimum Gasteiger partial charge on any atom is -0.493 e. The van der Waals surface area contributed by atoms with E-state index >= 15 is 0 Å². The Morgan fingerprint density at radius 1 is 1.38 bits per heavy atom. The van der Waals surface area contributed by atoms with Gasteiger partial charge in [-0.25, -0.2) is 4.98 Å². The molecule has 0 radical (unpaired) electrons. The molecule has 3 N–H and O–H groups in total. The molecule has 0 fully saturated rings. The molecule has 128 valence electrons. The second-order valence-electron chi connectivity index (χ2n) is 5.55. The number of hydrogen-bond acceptors (Lipinski definition) is 5. The van der Waals surface area contributed by atoms with Crippen LogP contribution in [-0.2, 0) is 0 Å². The summed E-state index contributed by atoms with van der Waals surface area (Å²) in [5.74, 6) is 1.08. The van der Waals surface area contributed by atoms with Crippen LogP contribution in [0.25, 0.3) is 11.4 Å². The predicted octanol–water partition coefficient (Wildman–Crippen LogP) is 3.35. The summed E-state index contributed by atoms with van der Waals surface area (Å²) in [6.45, 7) is 6.40. The molecule has 0 aliphatic carbocycles. The van der Waals surface area contributed by atoms with Gasteiger partial charge < -0.3 is 20.4 Å². The molecular weight excluding hydrogens is 304 g/mol. The fraction of sp³-hybridized carbons (Fsp3) is 0.389. The van der Waals surface area contributed by atoms with Crippen LogP contribution in [0.5, 0.6) is 5.75 Å². The Bertz CT molecular complexity index is 796. The van der Waals surface area contributed by atoms with Gasteiger partial charge >= 0.3 is 0 Å². The van der Waals surface area contributed by atoms with Crippen molar-refractivity contribution >= 4 is 11.4 Å². The molecule has 6 nitrogen and oxygen atoms in total. The Hall–Kier alpha value is -2.63. The van der Waals surface area contributed by atoms with Crippen LogP contribution >= 0.6 is 0 Å². The summed E-state index contributed by atoms with van der Waals surface area (Å²) in [5, 5.41) is 11.1. The van der Waals surface area contributed by atoms with Crippen molar-refractivity contribution in [1.82, 2.24) is 9.97 Å². The highest BCUT2D eigenvalue weighted by molar-refractivity contribution is 6.01. The molecule has 6 heteroatoms. The van der Waals surface area contributed by atoms with Gasteiger partial charge in [-0.3, -0.25) is 4.79 Å². The molecule has 0 bridgehead atoms. The lowest BCUT2D eigenvalue weighted by Gasteiger charge is -2.14. The van der Waals surface area contributed by atoms with Gasteiger partial charge in [-0.2, -0.15) is 0 Å². The third-order valence-electron chi connectivity index (χ3n) is 3.65. The molecular formula is C18H24N4O2. The SMILES string of the molecule is CCCC(=N)c1nc(-c2cc(C)ccc2OCC)[nH]c(=O)c1NC. The van der Waals surface area contributed by atoms with E-state index in [0.717, 1.165) is 17.5 Å². The van der Waals surface area contributed by atoms with Gasteiger partial charge in [0.1, 0.15) is 23.0 Å². The first-order valence-corrected chi connectivity index (χ1v) is 8.15. The number of H-pyrrole nitrogens is 1. The van der Waals surface area contributed by atoms with E-state index in [9.17, 15) is 4.79 Å². The Kier molecular flexibility index (Phi) is 5.73. The first-order chi connectivity index (χ1) is 11.5. The van der Waals surface area contributed by atoms with Crippen LogP contribution in [0.15, 0.2) is 23.0 Å². The molecule has 1 aromatic carbocycles. The lowest BCUT2D eigenvalue weighted by Crippen LogP contribution is -2.20. The molecule has 24 heavy (non-hydrogen) atoms. The van der Waals surface area contributed by atoms with Crippen molar-refractivity contribution in [3.8, 4) is 17.1 Å². The second-order valence-corrected chi connectivity index (χ2v) is 5.55. The standard InChI is InChI=1S/C18H24N4O2/c1-5-7-13(19)15-16(20-4)18(23)22-17(21-15)12-10-11(3)8-9-14(12)24-6-2/h8-10,19-20H,5-7H2,1-4H3,(H,21,22,23). The fourth-order valence-electron chi connectivity index (χ4n) is 2.53. The normalized spacial score (nSPS) is 10.5. The number of hydrogen-bond donors (Lipinski definition) is 3. The molecule has 2 rings (SSSR count). The van der Waals surface area contributed by atoms with Gasteiger partial charge in [0.2, 0.25) is 0 Å². The summed E-state index contributed by atoms with van der Waals surface area (Å²) in [7, 11) is 1.66. The minimum absolute atomic E-state index is 0.290. The third kappa shape index (κ3) is 3.64. The minimum atomic E-state index is -0.290. The third-order valence-corrected chi connectivity index (χ3v) is 3.65. The summed E-state index contributed by atoms with van der Waals surface area (Å²) in [6.07, 6.45) is 1.39. The largest absolute Gasteiger partial charge is 0.493 e. The van der Waals surface area contributed by atoms with Crippen molar-refractivity contribution in [3.63, 3.8) is 0 Å². The van der Waals surface area contributed by atoms with Crippen molar-refractivity contribution in [2.24, 2.45) is 0 Å². The highest BCUT2D eigenvalue weighted by Gasteiger charge is 2.17. The number of anilines is 1. The van der Waals surface area contributed by atoms with Crippen molar-refractivity contribution in [2.75, 3.05) is 19.0 Å². The molecule has 2 aromatic rings. The molecule has 0 aliphatic rings. The van der Waals surface area contributed by atoms with Gasteiger partial charge in [0.15, 0.2) is 0 Å². The zero-order valence-electron chi connectivity index (χ0n) is 14.6. The molecule has 1 heterocycles. The number of ether oxygens (including phenoxy) is 1. The van der Waals surface area contributed by atoms with E-state index in [1.165, 1.54) is 0 Å². The predicted molar refractivity (Wildman–Crippen MR) is 97.5 cm³/mol. The zero-order chi connectivity index (χ0) is 17.7. The molecule has 0 spiro atoms. The van der Waals surface area contributed by atoms with Crippen LogP contribution < -0.4 is 15.6 Å². The first-order valence-electron chi connectivity index (χ1n) is 8.15. The van der Waals surface area contributed by atoms with Crippen LogP contribution in [0, 0.1) is 12.3 Å². The summed E-state index contributed by atoms with van der Waals surface area (Å²) >= 11 is 0. The Morgan fingerprint density at radius 3 is 2.75 bits per heavy atom. The van der Waals surface area contributed by atoms with E-state index in [0.29, 0.717) is 41.7 Å². The molecule has 0 aliphatic heterocycles. The number of aryl methyl sites for hydroxylation is 1. The second kappa shape index (κ2) is 7.77. The number of aromatic amines is 1. The average Bonchev–Trinajstić information content (AvgIpc) is 2.56. The Labute approximate surface area is 141 Å². The lowest BCUT2D eigenvalue weighted by molar-refractivity contribution is 0.341. The van der Waals surface area contributed by atoms with Crippen molar-refractivity contribution in [3.05, 3.63) is 39.8 Å². The fourth-order valence-corrected chi connectivity index (χ4v) is 2.53. The smallest absolute Gasteiger partial charge is 0.275 e. The molecule has 0 unspecified atom stereocenters. The highest BCUT2D eigenvalue weighted by atomic mass is 16.5. The maximum absolute atomic E-state index is 12.4. The maximum Gasteiger partial charge on any atom is 0.275 e. The molecule has 1 aromatic heterocycles. The van der Waals surface area contributed by atoms with E-state index in [1.807, 2.05) is 39.0 Å². The van der Waals surface area contributed by atoms with Crippen LogP contribution in [0.2, 0.25) is 0 Å². The van der Waals surface area contributed by atoms with Crippen LogP contribution in [0.4, 0.5) is 5.69 Å². The van der Waals surface area contributed by atoms with Gasteiger partial charge in [-0.1, -0.05) is 25.0 Å². The topological polar surface area (TPSA) is 90.9 Å². The van der Waals surface area contributed by atoms with Crippen molar-refractivity contribution in [2.45, 2.75) is 33.6 Å². The summed E-state index contributed by atoms with van der Waals surface area (Å²) in [6, 6.07) is 5.75. The number of aromatic nitrogens is 2. The van der Waals surface area contributed by atoms with Crippen molar-refractivity contribution < 1.29 is 4.74 Å². The number of rotatable bonds is 7. The average molecular weight is 328 g/mol. The van der Waals surface area contributed by atoms with Crippen molar-refractivity contribution in [1.29, 1.82) is 5.41 Å². The molecule has 0 amide bonds. The quantitative estimate of drug-likeness (QED) is 0.680. The van der Waals surface area contributed by atoms with E-state index in [1.54, 1.807) is 7.05 Å². The zero-order valence-corrected chi connectivity index (χ0v) is 14.6. The highest BCUT2D eigenvalue weighted by Crippen LogP contribution is 2.29. The Balaban J connectivity index is 2.66. The van der Waals surface area contributed by atoms with E-state index in [2.05, 4.69) is 15.3 Å². The lowest BCUT2D eigenvalue weighted by atomic mass is 10.1. The van der Waals surface area contributed by atoms with Gasteiger partial charge in [-0.05, 0) is 32.4 Å². The molecule has 0 saturated carbocycles. The molecule has 0 atom stereocenters. The van der Waals surface area contributed by atoms with Crippen LogP contribution in [0.1, 0.15) is 37.9 Å². The van der Waals surface area contributed by atoms with Crippen LogP contribution in [-0.4, -0.2) is 29.3 Å². The van der Waals surface area contributed by atoms with E-state index in [-0.39, 0.29) is 5.56 Å². The van der Waals surface area contributed by atoms with Crippen LogP contribution in [0.3, 0.4) is 0 Å². The van der Waals surface area contributed by atoms with Gasteiger partial charge in [0, 0.05) is 7.05 Å². The summed E-state index contributed by atoms with van der Waals surface area (Å²) in [4.78, 5) is 19.8. The summed E-state index contributed by atoms with van der Waals surface area (Å²) in [5.41, 5.74) is 2.54. The molecule has 0 saturated heterocycles. The van der Waals surface area contributed by atoms with Gasteiger partial charge in [0.05, 0.1) is 17.9 Å². The van der Waals surface area contributed by atoms with Gasteiger partial charge in [-0.15, -0.1) is 0 Å². The maximum atomic E-state index is 12.4.